The van der Waals surface area contributed by atoms with E-state index in [-0.39, 0.29) is 17.5 Å². The van der Waals surface area contributed by atoms with Crippen LogP contribution in [0, 0.1) is 46.3 Å². The van der Waals surface area contributed by atoms with E-state index < -0.39 is 0 Å². The van der Waals surface area contributed by atoms with Gasteiger partial charge < -0.3 is 9.47 Å². The van der Waals surface area contributed by atoms with Crippen molar-refractivity contribution in [2.45, 2.75) is 118 Å². The van der Waals surface area contributed by atoms with Gasteiger partial charge in [0.25, 0.3) is 0 Å². The molecule has 1 aromatic carbocycles. The van der Waals surface area contributed by atoms with Crippen LogP contribution in [0.2, 0.25) is 0 Å². The average molecular weight is 535 g/mol. The van der Waals surface area contributed by atoms with Gasteiger partial charge in [0.2, 0.25) is 0 Å². The quantitative estimate of drug-likeness (QED) is 0.234. The van der Waals surface area contributed by atoms with Gasteiger partial charge in [-0.05, 0) is 122 Å². The summed E-state index contributed by atoms with van der Waals surface area (Å²) in [6, 6.07) is 7.37. The van der Waals surface area contributed by atoms with Crippen molar-refractivity contribution in [3.63, 3.8) is 0 Å². The third kappa shape index (κ3) is 5.58. The van der Waals surface area contributed by atoms with Crippen molar-refractivity contribution in [1.82, 2.24) is 0 Å². The molecule has 0 bridgehead atoms. The van der Waals surface area contributed by atoms with Gasteiger partial charge in [0.15, 0.2) is 0 Å². The van der Waals surface area contributed by atoms with E-state index in [1.54, 1.807) is 5.57 Å². The number of carbonyl (C=O) groups excluding carboxylic acids is 1. The predicted octanol–water partition coefficient (Wildman–Crippen LogP) is 9.65. The van der Waals surface area contributed by atoms with Crippen LogP contribution >= 0.6 is 0 Å². The first-order valence-corrected chi connectivity index (χ1v) is 16.3. The Morgan fingerprint density at radius 1 is 0.974 bits per heavy atom. The molecule has 0 saturated heterocycles. The second-order valence-electron chi connectivity index (χ2n) is 14.5. The number of benzene rings is 1. The molecule has 0 aliphatic heterocycles. The maximum atomic E-state index is 12.9. The van der Waals surface area contributed by atoms with Crippen molar-refractivity contribution >= 4 is 5.97 Å². The van der Waals surface area contributed by atoms with E-state index in [2.05, 4.69) is 40.7 Å². The molecule has 4 aliphatic carbocycles. The fourth-order valence-electron chi connectivity index (χ4n) is 9.83. The van der Waals surface area contributed by atoms with E-state index in [0.29, 0.717) is 17.6 Å². The molecule has 1 aromatic rings. The van der Waals surface area contributed by atoms with E-state index in [0.717, 1.165) is 60.5 Å². The lowest BCUT2D eigenvalue weighted by Crippen LogP contribution is -2.51. The Bertz CT molecular complexity index is 1020. The number of esters is 1. The first-order chi connectivity index (χ1) is 18.7. The van der Waals surface area contributed by atoms with Gasteiger partial charge in [0, 0.05) is 6.42 Å². The number of ether oxygens (including phenoxy) is 2. The number of hydrogen-bond acceptors (Lipinski definition) is 3. The Kier molecular flexibility index (Phi) is 8.56. The molecular formula is C36H54O3. The highest BCUT2D eigenvalue weighted by atomic mass is 16.5. The van der Waals surface area contributed by atoms with Crippen molar-refractivity contribution < 1.29 is 14.3 Å². The Hall–Kier alpha value is -1.77. The largest absolute Gasteiger partial charge is 0.494 e. The van der Waals surface area contributed by atoms with Gasteiger partial charge in [0.05, 0.1) is 12.2 Å². The molecule has 0 amide bonds. The molecule has 8 atom stereocenters. The number of hydrogen-bond donors (Lipinski definition) is 0. The van der Waals surface area contributed by atoms with E-state index in [1.165, 1.54) is 51.4 Å². The standard InChI is InChI=1S/C36H54O3/c1-7-38-28-14-11-26(12-15-28)34(37)39-29-19-21-35(5)27(23-29)13-16-30-32-18-17-31(25(4)10-8-9-24(2)3)36(32,6)22-20-33(30)35/h11-15,24-25,29-33H,7-10,16-23H2,1-6H3/t25-,29+,30+,31-,32+,33+,35+,36-/m1/s1. The topological polar surface area (TPSA) is 35.5 Å². The molecule has 0 radical (unpaired) electrons. The minimum Gasteiger partial charge on any atom is -0.494 e. The van der Waals surface area contributed by atoms with Crippen molar-refractivity contribution in [3.8, 4) is 5.75 Å². The summed E-state index contributed by atoms with van der Waals surface area (Å²) in [4.78, 5) is 12.9. The van der Waals surface area contributed by atoms with E-state index in [1.807, 2.05) is 31.2 Å². The molecule has 0 heterocycles. The molecule has 0 spiro atoms. The van der Waals surface area contributed by atoms with Crippen LogP contribution < -0.4 is 4.74 Å². The Labute approximate surface area is 238 Å². The fraction of sp³-hybridized carbons (Fsp3) is 0.750. The van der Waals surface area contributed by atoms with Crippen LogP contribution in [0.1, 0.15) is 123 Å². The average Bonchev–Trinajstić information content (AvgIpc) is 3.26. The summed E-state index contributed by atoms with van der Waals surface area (Å²) in [6.45, 7) is 15.1. The summed E-state index contributed by atoms with van der Waals surface area (Å²) in [5.74, 6) is 5.72. The fourth-order valence-corrected chi connectivity index (χ4v) is 9.83. The van der Waals surface area contributed by atoms with Gasteiger partial charge in [0.1, 0.15) is 11.9 Å². The third-order valence-corrected chi connectivity index (χ3v) is 11.9. The normalized spacial score (nSPS) is 36.4. The molecule has 4 aliphatic rings. The molecular weight excluding hydrogens is 480 g/mol. The summed E-state index contributed by atoms with van der Waals surface area (Å²) in [7, 11) is 0. The lowest BCUT2D eigenvalue weighted by molar-refractivity contribution is -0.0594. The smallest absolute Gasteiger partial charge is 0.338 e. The van der Waals surface area contributed by atoms with Gasteiger partial charge in [-0.25, -0.2) is 4.79 Å². The lowest BCUT2D eigenvalue weighted by Gasteiger charge is -2.58. The highest BCUT2D eigenvalue weighted by molar-refractivity contribution is 5.89. The Morgan fingerprint density at radius 2 is 1.74 bits per heavy atom. The van der Waals surface area contributed by atoms with Crippen LogP contribution in [-0.2, 0) is 4.74 Å². The zero-order valence-corrected chi connectivity index (χ0v) is 25.6. The van der Waals surface area contributed by atoms with Crippen LogP contribution in [0.15, 0.2) is 35.9 Å². The highest BCUT2D eigenvalue weighted by Crippen LogP contribution is 2.67. The van der Waals surface area contributed by atoms with E-state index in [4.69, 9.17) is 9.47 Å². The van der Waals surface area contributed by atoms with Crippen LogP contribution in [0.5, 0.6) is 5.75 Å². The van der Waals surface area contributed by atoms with Gasteiger partial charge in [-0.3, -0.25) is 0 Å². The van der Waals surface area contributed by atoms with Crippen LogP contribution in [0.4, 0.5) is 0 Å². The Balaban J connectivity index is 1.22. The minimum atomic E-state index is -0.200. The number of carbonyl (C=O) groups is 1. The van der Waals surface area contributed by atoms with Gasteiger partial charge in [-0.2, -0.15) is 0 Å². The van der Waals surface area contributed by atoms with E-state index >= 15 is 0 Å². The van der Waals surface area contributed by atoms with Crippen molar-refractivity contribution in [3.05, 3.63) is 41.5 Å². The van der Waals surface area contributed by atoms with E-state index in [9.17, 15) is 4.79 Å². The maximum Gasteiger partial charge on any atom is 0.338 e. The summed E-state index contributed by atoms with van der Waals surface area (Å²) >= 11 is 0. The zero-order chi connectivity index (χ0) is 27.8. The Morgan fingerprint density at radius 3 is 2.46 bits per heavy atom. The van der Waals surface area contributed by atoms with Crippen LogP contribution in [0.3, 0.4) is 0 Å². The number of fused-ring (bicyclic) bond motifs is 5. The van der Waals surface area contributed by atoms with Crippen molar-refractivity contribution in [2.75, 3.05) is 6.61 Å². The summed E-state index contributed by atoms with van der Waals surface area (Å²) in [5.41, 5.74) is 3.02. The molecule has 0 N–H and O–H groups in total. The molecule has 5 rings (SSSR count). The third-order valence-electron chi connectivity index (χ3n) is 11.9. The SMILES string of the molecule is CCOc1ccc(C(=O)O[C@H]2CC[C@@]3(C)C(=CC[C@H]4[C@@H]5CC[C@H]([C@H](C)CCCC(C)C)[C@@]5(C)CC[C@@H]43)C2)cc1. The summed E-state index contributed by atoms with van der Waals surface area (Å²) < 4.78 is 11.6. The monoisotopic (exact) mass is 534 g/mol. The molecule has 216 valence electrons. The van der Waals surface area contributed by atoms with Crippen molar-refractivity contribution in [2.24, 2.45) is 46.3 Å². The number of rotatable bonds is 9. The second kappa shape index (κ2) is 11.6. The molecule has 3 fully saturated rings. The predicted molar refractivity (Wildman–Crippen MR) is 160 cm³/mol. The van der Waals surface area contributed by atoms with Crippen LogP contribution in [0.25, 0.3) is 0 Å². The van der Waals surface area contributed by atoms with Gasteiger partial charge in [-0.15, -0.1) is 0 Å². The molecule has 0 aromatic heterocycles. The number of allylic oxidation sites excluding steroid dienone is 1. The summed E-state index contributed by atoms with van der Waals surface area (Å²) in [6.07, 6.45) is 16.8. The molecule has 3 heteroatoms. The zero-order valence-electron chi connectivity index (χ0n) is 25.6. The summed E-state index contributed by atoms with van der Waals surface area (Å²) in [5, 5.41) is 0. The van der Waals surface area contributed by atoms with Crippen LogP contribution in [-0.4, -0.2) is 18.7 Å². The second-order valence-corrected chi connectivity index (χ2v) is 14.5. The first-order valence-electron chi connectivity index (χ1n) is 16.3. The molecule has 3 saturated carbocycles. The van der Waals surface area contributed by atoms with Gasteiger partial charge in [-0.1, -0.05) is 65.5 Å². The first kappa shape index (κ1) is 28.7. The molecule has 3 nitrogen and oxygen atoms in total. The highest BCUT2D eigenvalue weighted by Gasteiger charge is 2.59. The molecule has 39 heavy (non-hydrogen) atoms. The van der Waals surface area contributed by atoms with Crippen molar-refractivity contribution in [1.29, 1.82) is 0 Å². The maximum absolute atomic E-state index is 12.9. The lowest BCUT2D eigenvalue weighted by atomic mass is 9.47. The minimum absolute atomic E-state index is 0.00338. The van der Waals surface area contributed by atoms with Gasteiger partial charge >= 0.3 is 5.97 Å². The molecule has 0 unspecified atom stereocenters.